The fourth-order valence-electron chi connectivity index (χ4n) is 1.84. The molecule has 100 valence electrons. The maximum Gasteiger partial charge on any atom is 0.157 e. The molecule has 0 aliphatic carbocycles. The number of nitrogens with one attached hydrogen (secondary N) is 1. The summed E-state index contributed by atoms with van der Waals surface area (Å²) in [5.74, 6) is 0.612. The van der Waals surface area contributed by atoms with Crippen molar-refractivity contribution in [3.05, 3.63) is 47.5 Å². The molecule has 0 bridgehead atoms. The first kappa shape index (κ1) is 13.1. The van der Waals surface area contributed by atoms with Crippen LogP contribution in [0.5, 0.6) is 17.2 Å². The van der Waals surface area contributed by atoms with Gasteiger partial charge in [-0.15, -0.1) is 0 Å². The number of phenols is 2. The van der Waals surface area contributed by atoms with Gasteiger partial charge in [0.1, 0.15) is 5.75 Å². The van der Waals surface area contributed by atoms with E-state index in [2.05, 4.69) is 5.32 Å². The average molecular weight is 259 g/mol. The van der Waals surface area contributed by atoms with E-state index in [1.54, 1.807) is 19.2 Å². The molecular weight excluding hydrogens is 242 g/mol. The van der Waals surface area contributed by atoms with Crippen molar-refractivity contribution in [1.82, 2.24) is 0 Å². The highest BCUT2D eigenvalue weighted by molar-refractivity contribution is 5.54. The quantitative estimate of drug-likeness (QED) is 0.739. The maximum atomic E-state index is 9.43. The summed E-state index contributed by atoms with van der Waals surface area (Å²) in [7, 11) is 1.64. The van der Waals surface area contributed by atoms with Gasteiger partial charge in [-0.3, -0.25) is 0 Å². The van der Waals surface area contributed by atoms with Gasteiger partial charge in [-0.2, -0.15) is 0 Å². The molecule has 0 aromatic heterocycles. The largest absolute Gasteiger partial charge is 0.504 e. The number of ether oxygens (including phenoxy) is 1. The summed E-state index contributed by atoms with van der Waals surface area (Å²) in [5, 5.41) is 22.0. The maximum absolute atomic E-state index is 9.43. The molecule has 19 heavy (non-hydrogen) atoms. The molecule has 3 N–H and O–H groups in total. The van der Waals surface area contributed by atoms with Crippen LogP contribution in [0, 0.1) is 6.92 Å². The molecule has 0 aliphatic rings. The highest BCUT2D eigenvalue weighted by Gasteiger charge is 2.03. The van der Waals surface area contributed by atoms with Crippen LogP contribution in [0.1, 0.15) is 11.1 Å². The lowest BCUT2D eigenvalue weighted by atomic mass is 10.1. The Labute approximate surface area is 112 Å². The van der Waals surface area contributed by atoms with Crippen molar-refractivity contribution < 1.29 is 14.9 Å². The van der Waals surface area contributed by atoms with E-state index >= 15 is 0 Å². The van der Waals surface area contributed by atoms with Crippen LogP contribution in [0.25, 0.3) is 0 Å². The molecule has 2 aromatic rings. The predicted molar refractivity (Wildman–Crippen MR) is 74.8 cm³/mol. The lowest BCUT2D eigenvalue weighted by molar-refractivity contribution is 0.403. The van der Waals surface area contributed by atoms with E-state index in [1.165, 1.54) is 6.07 Å². The van der Waals surface area contributed by atoms with Crippen LogP contribution >= 0.6 is 0 Å². The van der Waals surface area contributed by atoms with Gasteiger partial charge in [-0.1, -0.05) is 6.07 Å². The second kappa shape index (κ2) is 5.52. The number of benzene rings is 2. The summed E-state index contributed by atoms with van der Waals surface area (Å²) in [5.41, 5.74) is 2.99. The third-order valence-corrected chi connectivity index (χ3v) is 2.96. The molecule has 2 rings (SSSR count). The summed E-state index contributed by atoms with van der Waals surface area (Å²) in [4.78, 5) is 0. The lowest BCUT2D eigenvalue weighted by Crippen LogP contribution is -2.01. The first-order chi connectivity index (χ1) is 9.10. The fourth-order valence-corrected chi connectivity index (χ4v) is 1.84. The number of aryl methyl sites for hydroxylation is 1. The van der Waals surface area contributed by atoms with Gasteiger partial charge in [-0.25, -0.2) is 0 Å². The zero-order valence-electron chi connectivity index (χ0n) is 11.0. The van der Waals surface area contributed by atoms with Crippen molar-refractivity contribution >= 4 is 5.69 Å². The van der Waals surface area contributed by atoms with Gasteiger partial charge in [0, 0.05) is 12.2 Å². The van der Waals surface area contributed by atoms with Gasteiger partial charge in [0.15, 0.2) is 11.5 Å². The number of methoxy groups -OCH3 is 1. The molecule has 4 nitrogen and oxygen atoms in total. The van der Waals surface area contributed by atoms with E-state index in [9.17, 15) is 10.2 Å². The highest BCUT2D eigenvalue weighted by Crippen LogP contribution is 2.26. The fraction of sp³-hybridized carbons (Fsp3) is 0.200. The van der Waals surface area contributed by atoms with Crippen molar-refractivity contribution in [2.45, 2.75) is 13.5 Å². The molecule has 0 aliphatic heterocycles. The molecule has 0 radical (unpaired) electrons. The third kappa shape index (κ3) is 3.10. The Balaban J connectivity index is 2.07. The standard InChI is InChI=1S/C15H17NO3/c1-10-7-12(19-2)4-5-13(10)16-9-11-3-6-14(17)15(18)8-11/h3-8,16-18H,9H2,1-2H3. The normalized spacial score (nSPS) is 10.2. The van der Waals surface area contributed by atoms with Crippen LogP contribution in [0.3, 0.4) is 0 Å². The molecular formula is C15H17NO3. The van der Waals surface area contributed by atoms with Crippen molar-refractivity contribution in [3.63, 3.8) is 0 Å². The summed E-state index contributed by atoms with van der Waals surface area (Å²) in [6.07, 6.45) is 0. The molecule has 2 aromatic carbocycles. The first-order valence-corrected chi connectivity index (χ1v) is 5.99. The smallest absolute Gasteiger partial charge is 0.157 e. The van der Waals surface area contributed by atoms with Gasteiger partial charge < -0.3 is 20.3 Å². The number of aromatic hydroxyl groups is 2. The topological polar surface area (TPSA) is 61.7 Å². The number of anilines is 1. The molecule has 0 unspecified atom stereocenters. The monoisotopic (exact) mass is 259 g/mol. The zero-order valence-corrected chi connectivity index (χ0v) is 11.0. The Bertz CT molecular complexity index is 582. The van der Waals surface area contributed by atoms with Crippen LogP contribution in [0.2, 0.25) is 0 Å². The summed E-state index contributed by atoms with van der Waals surface area (Å²) in [6.45, 7) is 2.57. The van der Waals surface area contributed by atoms with Crippen LogP contribution in [-0.4, -0.2) is 17.3 Å². The summed E-state index contributed by atoms with van der Waals surface area (Å²) in [6, 6.07) is 10.6. The third-order valence-electron chi connectivity index (χ3n) is 2.96. The van der Waals surface area contributed by atoms with Gasteiger partial charge in [0.05, 0.1) is 7.11 Å². The highest BCUT2D eigenvalue weighted by atomic mass is 16.5. The van der Waals surface area contributed by atoms with E-state index in [0.29, 0.717) is 6.54 Å². The molecule has 0 heterocycles. The molecule has 0 atom stereocenters. The van der Waals surface area contributed by atoms with Gasteiger partial charge >= 0.3 is 0 Å². The minimum atomic E-state index is -0.107. The molecule has 0 saturated carbocycles. The summed E-state index contributed by atoms with van der Waals surface area (Å²) >= 11 is 0. The Hall–Kier alpha value is -2.36. The van der Waals surface area contributed by atoms with Crippen LogP contribution in [-0.2, 0) is 6.54 Å². The van der Waals surface area contributed by atoms with Crippen LogP contribution in [0.4, 0.5) is 5.69 Å². The van der Waals surface area contributed by atoms with Crippen molar-refractivity contribution in [2.75, 3.05) is 12.4 Å². The Morgan fingerprint density at radius 2 is 1.84 bits per heavy atom. The molecule has 4 heteroatoms. The van der Waals surface area contributed by atoms with Gasteiger partial charge in [0.25, 0.3) is 0 Å². The van der Waals surface area contributed by atoms with E-state index < -0.39 is 0 Å². The minimum Gasteiger partial charge on any atom is -0.504 e. The van der Waals surface area contributed by atoms with Crippen molar-refractivity contribution in [1.29, 1.82) is 0 Å². The number of phenolic OH excluding ortho intramolecular Hbond substituents is 2. The van der Waals surface area contributed by atoms with Crippen molar-refractivity contribution in [3.8, 4) is 17.2 Å². The summed E-state index contributed by atoms with van der Waals surface area (Å²) < 4.78 is 5.15. The number of rotatable bonds is 4. The molecule has 0 spiro atoms. The number of hydrogen-bond donors (Lipinski definition) is 3. The number of hydrogen-bond acceptors (Lipinski definition) is 4. The second-order valence-electron chi connectivity index (χ2n) is 4.36. The van der Waals surface area contributed by atoms with E-state index in [-0.39, 0.29) is 11.5 Å². The second-order valence-corrected chi connectivity index (χ2v) is 4.36. The predicted octanol–water partition coefficient (Wildman–Crippen LogP) is 3.03. The van der Waals surface area contributed by atoms with Crippen molar-refractivity contribution in [2.24, 2.45) is 0 Å². The van der Waals surface area contributed by atoms with E-state index in [0.717, 1.165) is 22.6 Å². The molecule has 0 fully saturated rings. The SMILES string of the molecule is COc1ccc(NCc2ccc(O)c(O)c2)c(C)c1. The lowest BCUT2D eigenvalue weighted by Gasteiger charge is -2.11. The zero-order chi connectivity index (χ0) is 13.8. The van der Waals surface area contributed by atoms with Gasteiger partial charge in [-0.05, 0) is 48.4 Å². The Kier molecular flexibility index (Phi) is 3.80. The molecule has 0 saturated heterocycles. The average Bonchev–Trinajstić information content (AvgIpc) is 2.41. The van der Waals surface area contributed by atoms with Crippen LogP contribution in [0.15, 0.2) is 36.4 Å². The van der Waals surface area contributed by atoms with E-state index in [4.69, 9.17) is 4.74 Å². The first-order valence-electron chi connectivity index (χ1n) is 5.99. The van der Waals surface area contributed by atoms with Crippen LogP contribution < -0.4 is 10.1 Å². The minimum absolute atomic E-state index is 0.106. The molecule has 0 amide bonds. The van der Waals surface area contributed by atoms with E-state index in [1.807, 2.05) is 25.1 Å². The Morgan fingerprint density at radius 3 is 2.47 bits per heavy atom. The Morgan fingerprint density at radius 1 is 1.05 bits per heavy atom. The van der Waals surface area contributed by atoms with Gasteiger partial charge in [0.2, 0.25) is 0 Å².